The van der Waals surface area contributed by atoms with Crippen LogP contribution < -0.4 is 4.74 Å². The first-order valence-corrected chi connectivity index (χ1v) is 9.74. The number of methoxy groups -OCH3 is 1. The van der Waals surface area contributed by atoms with Gasteiger partial charge >= 0.3 is 0 Å². The van der Waals surface area contributed by atoms with Crippen molar-refractivity contribution in [2.24, 2.45) is 0 Å². The highest BCUT2D eigenvalue weighted by atomic mass is 32.2. The summed E-state index contributed by atoms with van der Waals surface area (Å²) in [5.74, 6) is 1.78. The van der Waals surface area contributed by atoms with E-state index in [9.17, 15) is 4.79 Å². The number of pyridine rings is 1. The number of aromatic nitrogens is 1. The average molecular weight is 370 g/mol. The van der Waals surface area contributed by atoms with Crippen molar-refractivity contribution in [3.8, 4) is 5.75 Å². The molecule has 0 N–H and O–H groups in total. The predicted octanol–water partition coefficient (Wildman–Crippen LogP) is 3.01. The van der Waals surface area contributed by atoms with Crippen LogP contribution in [0.1, 0.15) is 22.3 Å². The highest BCUT2D eigenvalue weighted by molar-refractivity contribution is 8.01. The van der Waals surface area contributed by atoms with Crippen LogP contribution in [0.25, 0.3) is 0 Å². The van der Waals surface area contributed by atoms with Crippen LogP contribution in [0.5, 0.6) is 5.75 Å². The zero-order valence-corrected chi connectivity index (χ0v) is 15.6. The molecule has 2 saturated heterocycles. The van der Waals surface area contributed by atoms with Gasteiger partial charge in [-0.25, -0.2) is 0 Å². The standard InChI is InChI=1S/C20H22N2O3S/c1-24-17-6-2-5-16(8-17)19(23)22-13-20(14-22)9-18(12-26-20)25-11-15-4-3-7-21-10-15/h2-8,10,18H,9,11-14H2,1H3/t18-/m1/s1. The molecule has 5 nitrogen and oxygen atoms in total. The van der Waals surface area contributed by atoms with Crippen LogP contribution in [0.4, 0.5) is 0 Å². The third-order valence-corrected chi connectivity index (χ3v) is 6.52. The Morgan fingerprint density at radius 2 is 2.23 bits per heavy atom. The summed E-state index contributed by atoms with van der Waals surface area (Å²) in [6.07, 6.45) is 4.86. The summed E-state index contributed by atoms with van der Waals surface area (Å²) >= 11 is 1.94. The van der Waals surface area contributed by atoms with Crippen molar-refractivity contribution in [2.45, 2.75) is 23.9 Å². The van der Waals surface area contributed by atoms with Gasteiger partial charge in [-0.15, -0.1) is 11.8 Å². The molecule has 2 aliphatic rings. The maximum absolute atomic E-state index is 12.7. The normalized spacial score (nSPS) is 20.8. The molecule has 1 atom stereocenters. The number of likely N-dealkylation sites (tertiary alicyclic amines) is 1. The lowest BCUT2D eigenvalue weighted by atomic mass is 9.92. The molecule has 0 bridgehead atoms. The fraction of sp³-hybridized carbons (Fsp3) is 0.400. The van der Waals surface area contributed by atoms with E-state index in [0.29, 0.717) is 17.9 Å². The van der Waals surface area contributed by atoms with Crippen molar-refractivity contribution >= 4 is 17.7 Å². The maximum Gasteiger partial charge on any atom is 0.254 e. The number of nitrogens with zero attached hydrogens (tertiary/aromatic N) is 2. The zero-order valence-electron chi connectivity index (χ0n) is 14.8. The molecule has 1 aromatic carbocycles. The minimum Gasteiger partial charge on any atom is -0.497 e. The van der Waals surface area contributed by atoms with E-state index in [0.717, 1.165) is 30.8 Å². The second-order valence-electron chi connectivity index (χ2n) is 6.89. The summed E-state index contributed by atoms with van der Waals surface area (Å²) in [6.45, 7) is 2.18. The summed E-state index contributed by atoms with van der Waals surface area (Å²) in [5.41, 5.74) is 1.79. The molecule has 4 rings (SSSR count). The molecule has 1 spiro atoms. The van der Waals surface area contributed by atoms with Crippen LogP contribution in [-0.2, 0) is 11.3 Å². The van der Waals surface area contributed by atoms with E-state index in [1.165, 1.54) is 0 Å². The van der Waals surface area contributed by atoms with Gasteiger partial charge in [-0.1, -0.05) is 12.1 Å². The zero-order chi connectivity index (χ0) is 18.0. The summed E-state index contributed by atoms with van der Waals surface area (Å²) in [7, 11) is 1.61. The van der Waals surface area contributed by atoms with E-state index in [1.54, 1.807) is 19.4 Å². The number of benzene rings is 1. The first-order chi connectivity index (χ1) is 12.7. The first kappa shape index (κ1) is 17.4. The number of amides is 1. The van der Waals surface area contributed by atoms with E-state index in [-0.39, 0.29) is 16.8 Å². The van der Waals surface area contributed by atoms with Crippen LogP contribution in [-0.4, -0.2) is 52.6 Å². The monoisotopic (exact) mass is 370 g/mol. The van der Waals surface area contributed by atoms with Crippen molar-refractivity contribution in [1.82, 2.24) is 9.88 Å². The van der Waals surface area contributed by atoms with Crippen LogP contribution in [0, 0.1) is 0 Å². The molecule has 2 fully saturated rings. The Hall–Kier alpha value is -2.05. The third-order valence-electron chi connectivity index (χ3n) is 4.95. The quantitative estimate of drug-likeness (QED) is 0.810. The molecule has 0 radical (unpaired) electrons. The number of thioether (sulfide) groups is 1. The fourth-order valence-corrected chi connectivity index (χ4v) is 5.11. The smallest absolute Gasteiger partial charge is 0.254 e. The molecule has 0 saturated carbocycles. The predicted molar refractivity (Wildman–Crippen MR) is 102 cm³/mol. The fourth-order valence-electron chi connectivity index (χ4n) is 3.56. The van der Waals surface area contributed by atoms with Gasteiger partial charge in [0, 0.05) is 36.8 Å². The number of rotatable bonds is 5. The second-order valence-corrected chi connectivity index (χ2v) is 8.37. The van der Waals surface area contributed by atoms with Gasteiger partial charge in [-0.2, -0.15) is 0 Å². The van der Waals surface area contributed by atoms with Gasteiger partial charge in [-0.3, -0.25) is 9.78 Å². The molecule has 1 aromatic heterocycles. The van der Waals surface area contributed by atoms with Crippen molar-refractivity contribution in [3.05, 3.63) is 59.9 Å². The molecular weight excluding hydrogens is 348 g/mol. The van der Waals surface area contributed by atoms with Gasteiger partial charge in [0.25, 0.3) is 5.91 Å². The Morgan fingerprint density at radius 1 is 1.35 bits per heavy atom. The van der Waals surface area contributed by atoms with Gasteiger partial charge in [0.15, 0.2) is 0 Å². The molecule has 6 heteroatoms. The van der Waals surface area contributed by atoms with Gasteiger partial charge in [0.2, 0.25) is 0 Å². The van der Waals surface area contributed by atoms with Gasteiger partial charge in [0.05, 0.1) is 24.6 Å². The Kier molecular flexibility index (Phi) is 4.87. The van der Waals surface area contributed by atoms with E-state index in [2.05, 4.69) is 4.98 Å². The van der Waals surface area contributed by atoms with Crippen LogP contribution >= 0.6 is 11.8 Å². The SMILES string of the molecule is COc1cccc(C(=O)N2CC3(C[C@@H](OCc4cccnc4)CS3)C2)c1. The molecule has 136 valence electrons. The Morgan fingerprint density at radius 3 is 3.00 bits per heavy atom. The summed E-state index contributed by atoms with van der Waals surface area (Å²) in [6, 6.07) is 11.3. The minimum absolute atomic E-state index is 0.0786. The highest BCUT2D eigenvalue weighted by Crippen LogP contribution is 2.46. The first-order valence-electron chi connectivity index (χ1n) is 8.75. The van der Waals surface area contributed by atoms with E-state index >= 15 is 0 Å². The van der Waals surface area contributed by atoms with E-state index < -0.39 is 0 Å². The molecule has 3 heterocycles. The maximum atomic E-state index is 12.7. The molecule has 2 aliphatic heterocycles. The molecular formula is C20H22N2O3S. The molecule has 0 unspecified atom stereocenters. The van der Waals surface area contributed by atoms with Gasteiger partial charge < -0.3 is 14.4 Å². The third kappa shape index (κ3) is 3.57. The van der Waals surface area contributed by atoms with Gasteiger partial charge in [-0.05, 0) is 36.2 Å². The Labute approximate surface area is 157 Å². The average Bonchev–Trinajstić information content (AvgIpc) is 3.10. The summed E-state index contributed by atoms with van der Waals surface area (Å²) in [5, 5.41) is 0. The minimum atomic E-state index is 0.0786. The molecule has 26 heavy (non-hydrogen) atoms. The molecule has 2 aromatic rings. The number of ether oxygens (including phenoxy) is 2. The highest BCUT2D eigenvalue weighted by Gasteiger charge is 2.51. The number of carbonyl (C=O) groups excluding carboxylic acids is 1. The lowest BCUT2D eigenvalue weighted by Crippen LogP contribution is -2.60. The lowest BCUT2D eigenvalue weighted by Gasteiger charge is -2.47. The topological polar surface area (TPSA) is 51.7 Å². The van der Waals surface area contributed by atoms with Crippen molar-refractivity contribution in [2.75, 3.05) is 26.0 Å². The van der Waals surface area contributed by atoms with Crippen molar-refractivity contribution in [3.63, 3.8) is 0 Å². The largest absolute Gasteiger partial charge is 0.497 e. The number of hydrogen-bond acceptors (Lipinski definition) is 5. The second kappa shape index (κ2) is 7.29. The van der Waals surface area contributed by atoms with E-state index in [4.69, 9.17) is 9.47 Å². The van der Waals surface area contributed by atoms with Crippen LogP contribution in [0.15, 0.2) is 48.8 Å². The Balaban J connectivity index is 1.29. The van der Waals surface area contributed by atoms with Crippen molar-refractivity contribution in [1.29, 1.82) is 0 Å². The number of hydrogen-bond donors (Lipinski definition) is 0. The van der Waals surface area contributed by atoms with Crippen molar-refractivity contribution < 1.29 is 14.3 Å². The lowest BCUT2D eigenvalue weighted by molar-refractivity contribution is 0.0254. The van der Waals surface area contributed by atoms with E-state index in [1.807, 2.05) is 53.2 Å². The Bertz CT molecular complexity index is 778. The van der Waals surface area contributed by atoms with Crippen LogP contribution in [0.2, 0.25) is 0 Å². The molecule has 1 amide bonds. The van der Waals surface area contributed by atoms with Crippen LogP contribution in [0.3, 0.4) is 0 Å². The molecule has 0 aliphatic carbocycles. The summed E-state index contributed by atoms with van der Waals surface area (Å²) < 4.78 is 11.4. The number of carbonyl (C=O) groups is 1. The van der Waals surface area contributed by atoms with Gasteiger partial charge in [0.1, 0.15) is 5.75 Å². The summed E-state index contributed by atoms with van der Waals surface area (Å²) in [4.78, 5) is 18.7.